The number of methoxy groups -OCH3 is 1. The number of alkyl carbamates (subject to hydrolysis) is 2. The predicted octanol–water partition coefficient (Wildman–Crippen LogP) is 13.1. The average molecular weight is 1060 g/mol. The number of amides is 2. The third-order valence-corrected chi connectivity index (χ3v) is 12.4. The van der Waals surface area contributed by atoms with Gasteiger partial charge in [-0.15, -0.1) is 0 Å². The minimum Gasteiger partial charge on any atom is -0.498 e. The zero-order chi connectivity index (χ0) is 53.4. The van der Waals surface area contributed by atoms with Crippen LogP contribution in [0.25, 0.3) is 0 Å². The van der Waals surface area contributed by atoms with Crippen LogP contribution < -0.4 is 10.6 Å². The lowest BCUT2D eigenvalue weighted by Crippen LogP contribution is -2.30. The summed E-state index contributed by atoms with van der Waals surface area (Å²) in [5.74, 6) is -0.957. The highest BCUT2D eigenvalue weighted by Crippen LogP contribution is 2.43. The van der Waals surface area contributed by atoms with Gasteiger partial charge in [0.1, 0.15) is 19.8 Å². The lowest BCUT2D eigenvalue weighted by Gasteiger charge is -2.20. The Hall–Kier alpha value is -3.47. The third-order valence-electron chi connectivity index (χ3n) is 11.4. The minimum atomic E-state index is -4.64. The minimum absolute atomic E-state index is 0.0650. The molecule has 2 amide bonds. The number of allylic oxidation sites excluding steroid dienone is 5. The molecule has 0 rings (SSSR count). The molecule has 2 atom stereocenters. The molecule has 0 heterocycles. The number of hydrogen-bond donors (Lipinski definition) is 3. The van der Waals surface area contributed by atoms with Gasteiger partial charge in [-0.1, -0.05) is 141 Å². The van der Waals surface area contributed by atoms with Crippen LogP contribution in [0, 0.1) is 0 Å². The van der Waals surface area contributed by atoms with Crippen molar-refractivity contribution in [3.63, 3.8) is 0 Å². The van der Waals surface area contributed by atoms with Crippen molar-refractivity contribution in [3.05, 3.63) is 36.6 Å². The summed E-state index contributed by atoms with van der Waals surface area (Å²) >= 11 is 0. The molecule has 0 bridgehead atoms. The second-order valence-electron chi connectivity index (χ2n) is 18.2. The highest BCUT2D eigenvalue weighted by Gasteiger charge is 2.26. The van der Waals surface area contributed by atoms with Gasteiger partial charge in [-0.2, -0.15) is 0 Å². The first-order chi connectivity index (χ1) is 35.6. The smallest absolute Gasteiger partial charge is 0.472 e. The molecule has 0 radical (unpaired) electrons. The van der Waals surface area contributed by atoms with Crippen molar-refractivity contribution >= 4 is 31.9 Å². The Bertz CT molecular complexity index is 1430. The monoisotopic (exact) mass is 1060 g/mol. The van der Waals surface area contributed by atoms with Gasteiger partial charge in [0, 0.05) is 33.0 Å². The average Bonchev–Trinajstić information content (AvgIpc) is 3.37. The maximum Gasteiger partial charge on any atom is 0.472 e. The molecule has 0 aromatic carbocycles. The van der Waals surface area contributed by atoms with E-state index >= 15 is 0 Å². The van der Waals surface area contributed by atoms with Crippen molar-refractivity contribution in [1.82, 2.24) is 10.6 Å². The standard InChI is InChI=1S/C55H101N2O15P/c1-4-6-8-10-12-14-16-18-20-22-24-26-28-30-33-37-52(58)69-49-51(72-53(59)38-34-31-29-27-25-23-21-19-17-15-13-11-9-7-5-2)50-71-73(62,63)70-44-40-57-54(60)67-42-36-32-35-41-65-47-48-68-55(61)56-39-43-66-46-45-64-3/h18-21,35,41,51H,4-17,22-34,36-40,42-50H2,1-3H3,(H,56,61)(H,57,60)(H,62,63)/b20-18-,21-19-,41-35-. The number of rotatable bonds is 54. The highest BCUT2D eigenvalue weighted by atomic mass is 31.2. The lowest BCUT2D eigenvalue weighted by molar-refractivity contribution is -0.161. The van der Waals surface area contributed by atoms with E-state index in [9.17, 15) is 28.6 Å². The van der Waals surface area contributed by atoms with Crippen LogP contribution in [0.15, 0.2) is 36.6 Å². The summed E-state index contributed by atoms with van der Waals surface area (Å²) in [6.45, 7) is 5.02. The van der Waals surface area contributed by atoms with Gasteiger partial charge in [0.2, 0.25) is 0 Å². The van der Waals surface area contributed by atoms with Crippen LogP contribution in [-0.2, 0) is 56.4 Å². The van der Waals surface area contributed by atoms with Crippen LogP contribution in [0.3, 0.4) is 0 Å². The number of carbonyl (C=O) groups is 4. The fraction of sp³-hybridized carbons (Fsp3) is 0.818. The van der Waals surface area contributed by atoms with Gasteiger partial charge in [-0.3, -0.25) is 18.6 Å². The molecule has 0 aromatic heterocycles. The SMILES string of the molecule is CCCCCCCC/C=C\CCCCCCCC(=O)OCC(COP(=O)(O)OCCNC(=O)OCCC/C=C\OCCOC(=O)NCCOCCOC)OC(=O)CCCCCCC/C=C\CCCCCCCC. The van der Waals surface area contributed by atoms with Crippen LogP contribution in [0.2, 0.25) is 0 Å². The van der Waals surface area contributed by atoms with E-state index in [1.54, 1.807) is 13.2 Å². The first-order valence-electron chi connectivity index (χ1n) is 28.0. The van der Waals surface area contributed by atoms with E-state index < -0.39 is 44.7 Å². The van der Waals surface area contributed by atoms with Gasteiger partial charge in [0.25, 0.3) is 0 Å². The fourth-order valence-electron chi connectivity index (χ4n) is 7.15. The number of carbonyl (C=O) groups excluding carboxylic acids is 4. The summed E-state index contributed by atoms with van der Waals surface area (Å²) < 4.78 is 59.3. The summed E-state index contributed by atoms with van der Waals surface area (Å²) in [5, 5.41) is 4.99. The molecule has 0 saturated carbocycles. The molecule has 0 aliphatic heterocycles. The number of esters is 2. The zero-order valence-electron chi connectivity index (χ0n) is 45.6. The Morgan fingerprint density at radius 2 is 0.959 bits per heavy atom. The molecular formula is C55H101N2O15P. The molecule has 0 aliphatic rings. The number of nitrogens with one attached hydrogen (secondary N) is 2. The number of phosphoric acid groups is 1. The molecule has 0 spiro atoms. The number of unbranched alkanes of at least 4 members (excludes halogenated alkanes) is 23. The van der Waals surface area contributed by atoms with Crippen LogP contribution in [0.4, 0.5) is 9.59 Å². The van der Waals surface area contributed by atoms with Crippen molar-refractivity contribution in [3.8, 4) is 0 Å². The molecule has 3 N–H and O–H groups in total. The molecule has 18 heteroatoms. The molecule has 0 aliphatic carbocycles. The Kier molecular flexibility index (Phi) is 52.2. The second kappa shape index (κ2) is 54.8. The summed E-state index contributed by atoms with van der Waals surface area (Å²) in [6, 6.07) is 0. The topological polar surface area (TPSA) is 213 Å². The van der Waals surface area contributed by atoms with E-state index in [0.717, 1.165) is 77.0 Å². The van der Waals surface area contributed by atoms with Crippen molar-refractivity contribution in [2.24, 2.45) is 0 Å². The van der Waals surface area contributed by atoms with E-state index in [-0.39, 0.29) is 52.4 Å². The fourth-order valence-corrected chi connectivity index (χ4v) is 7.90. The molecular weight excluding hydrogens is 960 g/mol. The Labute approximate surface area is 440 Å². The second-order valence-corrected chi connectivity index (χ2v) is 19.6. The normalized spacial score (nSPS) is 12.8. The Morgan fingerprint density at radius 1 is 0.479 bits per heavy atom. The molecule has 17 nitrogen and oxygen atoms in total. The van der Waals surface area contributed by atoms with Gasteiger partial charge in [0.15, 0.2) is 6.10 Å². The molecule has 426 valence electrons. The van der Waals surface area contributed by atoms with Gasteiger partial charge in [0.05, 0.1) is 45.9 Å². The quantitative estimate of drug-likeness (QED) is 0.0129. The summed E-state index contributed by atoms with van der Waals surface area (Å²) in [6.07, 6.45) is 41.0. The van der Waals surface area contributed by atoms with Crippen molar-refractivity contribution in [2.75, 3.05) is 79.7 Å². The van der Waals surface area contributed by atoms with Gasteiger partial charge < -0.3 is 48.7 Å². The van der Waals surface area contributed by atoms with E-state index in [1.807, 2.05) is 0 Å². The zero-order valence-corrected chi connectivity index (χ0v) is 46.5. The van der Waals surface area contributed by atoms with Crippen molar-refractivity contribution < 1.29 is 70.8 Å². The van der Waals surface area contributed by atoms with Crippen molar-refractivity contribution in [2.45, 2.75) is 213 Å². The summed E-state index contributed by atoms with van der Waals surface area (Å²) in [7, 11) is -3.06. The van der Waals surface area contributed by atoms with Gasteiger partial charge >= 0.3 is 31.9 Å². The third kappa shape index (κ3) is 54.6. The predicted molar refractivity (Wildman–Crippen MR) is 287 cm³/mol. The van der Waals surface area contributed by atoms with Gasteiger partial charge in [-0.25, -0.2) is 14.2 Å². The molecule has 0 saturated heterocycles. The van der Waals surface area contributed by atoms with E-state index in [4.69, 9.17) is 42.2 Å². The molecule has 2 unspecified atom stereocenters. The first kappa shape index (κ1) is 69.5. The number of hydrogen-bond acceptors (Lipinski definition) is 14. The summed E-state index contributed by atoms with van der Waals surface area (Å²) in [5.41, 5.74) is 0. The molecule has 0 aromatic rings. The summed E-state index contributed by atoms with van der Waals surface area (Å²) in [4.78, 5) is 59.5. The highest BCUT2D eigenvalue weighted by molar-refractivity contribution is 7.47. The largest absolute Gasteiger partial charge is 0.498 e. The van der Waals surface area contributed by atoms with Crippen LogP contribution in [0.1, 0.15) is 206 Å². The molecule has 73 heavy (non-hydrogen) atoms. The number of ether oxygens (including phenoxy) is 7. The van der Waals surface area contributed by atoms with Gasteiger partial charge in [-0.05, 0) is 83.1 Å². The first-order valence-corrected chi connectivity index (χ1v) is 29.5. The maximum absolute atomic E-state index is 12.8. The Morgan fingerprint density at radius 3 is 1.51 bits per heavy atom. The van der Waals surface area contributed by atoms with E-state index in [1.165, 1.54) is 83.3 Å². The van der Waals surface area contributed by atoms with Crippen molar-refractivity contribution in [1.29, 1.82) is 0 Å². The Balaban J connectivity index is 4.54. The maximum atomic E-state index is 12.8. The van der Waals surface area contributed by atoms with E-state index in [2.05, 4.69) is 48.8 Å². The van der Waals surface area contributed by atoms with Crippen LogP contribution in [0.5, 0.6) is 0 Å². The van der Waals surface area contributed by atoms with E-state index in [0.29, 0.717) is 52.0 Å². The molecule has 0 fully saturated rings. The van der Waals surface area contributed by atoms with Crippen LogP contribution >= 0.6 is 7.82 Å². The lowest BCUT2D eigenvalue weighted by atomic mass is 10.1. The number of phosphoric ester groups is 1. The van der Waals surface area contributed by atoms with Crippen LogP contribution in [-0.4, -0.2) is 115 Å².